The quantitative estimate of drug-likeness (QED) is 0.649. The molecule has 110 valence electrons. The minimum atomic E-state index is 0.0738. The second-order valence-corrected chi connectivity index (χ2v) is 6.02. The lowest BCUT2D eigenvalue weighted by Crippen LogP contribution is -2.26. The number of aliphatic imine (C=N–C) groups is 1. The Balaban J connectivity index is 1.92. The second-order valence-electron chi connectivity index (χ2n) is 6.02. The van der Waals surface area contributed by atoms with E-state index in [1.54, 1.807) is 0 Å². The third-order valence-corrected chi connectivity index (χ3v) is 3.25. The van der Waals surface area contributed by atoms with Crippen LogP contribution < -0.4 is 11.1 Å². The van der Waals surface area contributed by atoms with E-state index in [4.69, 9.17) is 5.73 Å². The molecule has 3 N–H and O–H groups in total. The van der Waals surface area contributed by atoms with Crippen LogP contribution in [-0.2, 0) is 6.42 Å². The molecule has 0 aliphatic carbocycles. The summed E-state index contributed by atoms with van der Waals surface area (Å²) in [4.78, 5) is 4.47. The van der Waals surface area contributed by atoms with Gasteiger partial charge >= 0.3 is 0 Å². The van der Waals surface area contributed by atoms with Crippen molar-refractivity contribution in [1.82, 2.24) is 0 Å². The average Bonchev–Trinajstić information content (AvgIpc) is 2.47. The summed E-state index contributed by atoms with van der Waals surface area (Å²) in [6.45, 7) is 5.10. The molecular weight excluding hydrogens is 258 g/mol. The maximum atomic E-state index is 5.95. The van der Waals surface area contributed by atoms with Crippen LogP contribution in [0.25, 0.3) is 0 Å². The molecule has 2 rings (SSSR count). The molecule has 0 saturated heterocycles. The Hall–Kier alpha value is -2.29. The van der Waals surface area contributed by atoms with Crippen LogP contribution in [0.15, 0.2) is 65.7 Å². The molecule has 21 heavy (non-hydrogen) atoms. The zero-order valence-corrected chi connectivity index (χ0v) is 12.7. The first-order valence-corrected chi connectivity index (χ1v) is 7.21. The van der Waals surface area contributed by atoms with Gasteiger partial charge in [-0.05, 0) is 29.5 Å². The van der Waals surface area contributed by atoms with Crippen LogP contribution in [-0.4, -0.2) is 12.5 Å². The van der Waals surface area contributed by atoms with Gasteiger partial charge in [0, 0.05) is 12.2 Å². The first-order chi connectivity index (χ1) is 10.1. The van der Waals surface area contributed by atoms with Gasteiger partial charge in [-0.25, -0.2) is 0 Å². The highest BCUT2D eigenvalue weighted by Crippen LogP contribution is 2.22. The van der Waals surface area contributed by atoms with Crippen LogP contribution in [0.5, 0.6) is 0 Å². The Morgan fingerprint density at radius 2 is 1.57 bits per heavy atom. The molecule has 3 heteroatoms. The molecule has 0 aromatic heterocycles. The number of nitrogens with two attached hydrogens (primary N) is 1. The highest BCUT2D eigenvalue weighted by molar-refractivity contribution is 5.92. The number of nitrogens with zero attached hydrogens (tertiary/aromatic N) is 1. The van der Waals surface area contributed by atoms with E-state index >= 15 is 0 Å². The van der Waals surface area contributed by atoms with E-state index in [1.807, 2.05) is 36.4 Å². The SMILES string of the molecule is CC(C)(CN=C(N)Nc1ccccc1)Cc1ccccc1. The standard InChI is InChI=1S/C18H23N3/c1-18(2,13-15-9-5-3-6-10-15)14-20-17(19)21-16-11-7-4-8-12-16/h3-12H,13-14H2,1-2H3,(H3,19,20,21). The number of nitrogens with one attached hydrogen (secondary N) is 1. The Labute approximate surface area is 126 Å². The van der Waals surface area contributed by atoms with Crippen molar-refractivity contribution < 1.29 is 0 Å². The molecule has 0 radical (unpaired) electrons. The molecule has 0 amide bonds. The van der Waals surface area contributed by atoms with Crippen molar-refractivity contribution in [2.24, 2.45) is 16.1 Å². The van der Waals surface area contributed by atoms with Gasteiger partial charge in [-0.1, -0.05) is 62.4 Å². The maximum Gasteiger partial charge on any atom is 0.193 e. The molecule has 0 aliphatic heterocycles. The molecule has 0 atom stereocenters. The van der Waals surface area contributed by atoms with Gasteiger partial charge in [-0.2, -0.15) is 0 Å². The number of hydrogen-bond acceptors (Lipinski definition) is 1. The fourth-order valence-electron chi connectivity index (χ4n) is 2.21. The molecular formula is C18H23N3. The average molecular weight is 281 g/mol. The topological polar surface area (TPSA) is 50.4 Å². The van der Waals surface area contributed by atoms with Crippen LogP contribution in [0, 0.1) is 5.41 Å². The smallest absolute Gasteiger partial charge is 0.193 e. The van der Waals surface area contributed by atoms with Gasteiger partial charge in [-0.15, -0.1) is 0 Å². The van der Waals surface area contributed by atoms with E-state index in [2.05, 4.69) is 48.4 Å². The van der Waals surface area contributed by atoms with E-state index in [9.17, 15) is 0 Å². The number of guanidine groups is 1. The molecule has 0 bridgehead atoms. The molecule has 0 heterocycles. The van der Waals surface area contributed by atoms with Crippen LogP contribution in [0.3, 0.4) is 0 Å². The predicted molar refractivity (Wildman–Crippen MR) is 90.5 cm³/mol. The monoisotopic (exact) mass is 281 g/mol. The summed E-state index contributed by atoms with van der Waals surface area (Å²) in [6.07, 6.45) is 0.982. The predicted octanol–water partition coefficient (Wildman–Crippen LogP) is 3.68. The number of benzene rings is 2. The van der Waals surface area contributed by atoms with Gasteiger partial charge in [0.2, 0.25) is 0 Å². The Bertz CT molecular complexity index is 574. The molecule has 2 aromatic carbocycles. The van der Waals surface area contributed by atoms with E-state index < -0.39 is 0 Å². The fraction of sp³-hybridized carbons (Fsp3) is 0.278. The number of hydrogen-bond donors (Lipinski definition) is 2. The summed E-state index contributed by atoms with van der Waals surface area (Å²) in [7, 11) is 0. The van der Waals surface area contributed by atoms with Crippen molar-refractivity contribution in [3.05, 3.63) is 66.2 Å². The highest BCUT2D eigenvalue weighted by atomic mass is 15.1. The fourth-order valence-corrected chi connectivity index (χ4v) is 2.21. The van der Waals surface area contributed by atoms with Gasteiger partial charge in [0.05, 0.1) is 0 Å². The second kappa shape index (κ2) is 6.93. The van der Waals surface area contributed by atoms with Gasteiger partial charge in [0.15, 0.2) is 5.96 Å². The first-order valence-electron chi connectivity index (χ1n) is 7.21. The largest absolute Gasteiger partial charge is 0.370 e. The number of anilines is 1. The summed E-state index contributed by atoms with van der Waals surface area (Å²) in [5, 5.41) is 3.11. The maximum absolute atomic E-state index is 5.95. The third-order valence-electron chi connectivity index (χ3n) is 3.25. The van der Waals surface area contributed by atoms with E-state index in [-0.39, 0.29) is 5.41 Å². The van der Waals surface area contributed by atoms with Crippen LogP contribution >= 0.6 is 0 Å². The minimum Gasteiger partial charge on any atom is -0.370 e. The van der Waals surface area contributed by atoms with Crippen molar-refractivity contribution in [3.63, 3.8) is 0 Å². The summed E-state index contributed by atoms with van der Waals surface area (Å²) >= 11 is 0. The minimum absolute atomic E-state index is 0.0738. The van der Waals surface area contributed by atoms with Crippen molar-refractivity contribution in [3.8, 4) is 0 Å². The van der Waals surface area contributed by atoms with Gasteiger partial charge < -0.3 is 11.1 Å². The molecule has 3 nitrogen and oxygen atoms in total. The zero-order valence-electron chi connectivity index (χ0n) is 12.7. The van der Waals surface area contributed by atoms with Crippen molar-refractivity contribution >= 4 is 11.6 Å². The van der Waals surface area contributed by atoms with Crippen LogP contribution in [0.2, 0.25) is 0 Å². The van der Waals surface area contributed by atoms with Crippen molar-refractivity contribution in [2.75, 3.05) is 11.9 Å². The lowest BCUT2D eigenvalue weighted by Gasteiger charge is -2.22. The highest BCUT2D eigenvalue weighted by Gasteiger charge is 2.18. The molecule has 0 spiro atoms. The van der Waals surface area contributed by atoms with Gasteiger partial charge in [0.1, 0.15) is 0 Å². The van der Waals surface area contributed by atoms with Crippen molar-refractivity contribution in [2.45, 2.75) is 20.3 Å². The van der Waals surface area contributed by atoms with E-state index in [1.165, 1.54) is 5.56 Å². The lowest BCUT2D eigenvalue weighted by atomic mass is 9.86. The van der Waals surface area contributed by atoms with Crippen molar-refractivity contribution in [1.29, 1.82) is 0 Å². The summed E-state index contributed by atoms with van der Waals surface area (Å²) < 4.78 is 0. The summed E-state index contributed by atoms with van der Waals surface area (Å²) in [6, 6.07) is 20.3. The molecule has 0 fully saturated rings. The van der Waals surface area contributed by atoms with Gasteiger partial charge in [0.25, 0.3) is 0 Å². The Kier molecular flexibility index (Phi) is 4.99. The molecule has 2 aromatic rings. The van der Waals surface area contributed by atoms with Crippen LogP contribution in [0.1, 0.15) is 19.4 Å². The van der Waals surface area contributed by atoms with Gasteiger partial charge in [-0.3, -0.25) is 4.99 Å². The zero-order chi connectivity index (χ0) is 15.1. The van der Waals surface area contributed by atoms with E-state index in [0.29, 0.717) is 12.5 Å². The summed E-state index contributed by atoms with van der Waals surface area (Å²) in [5.41, 5.74) is 8.30. The van der Waals surface area contributed by atoms with Crippen LogP contribution in [0.4, 0.5) is 5.69 Å². The Morgan fingerprint density at radius 1 is 1.00 bits per heavy atom. The molecule has 0 aliphatic rings. The number of rotatable bonds is 5. The first kappa shape index (κ1) is 15.1. The molecule has 0 saturated carbocycles. The molecule has 0 unspecified atom stereocenters. The summed E-state index contributed by atoms with van der Waals surface area (Å²) in [5.74, 6) is 0.460. The number of para-hydroxylation sites is 1. The normalized spacial score (nSPS) is 12.2. The third kappa shape index (κ3) is 5.30. The Morgan fingerprint density at radius 3 is 2.19 bits per heavy atom. The van der Waals surface area contributed by atoms with E-state index in [0.717, 1.165) is 12.1 Å². The lowest BCUT2D eigenvalue weighted by molar-refractivity contribution is 0.378.